The lowest BCUT2D eigenvalue weighted by Crippen LogP contribution is -2.54. The van der Waals surface area contributed by atoms with E-state index < -0.39 is 41.0 Å². The molecule has 0 radical (unpaired) electrons. The van der Waals surface area contributed by atoms with Gasteiger partial charge in [0.2, 0.25) is 17.7 Å². The van der Waals surface area contributed by atoms with Crippen molar-refractivity contribution in [3.05, 3.63) is 53.3 Å². The highest BCUT2D eigenvalue weighted by Crippen LogP contribution is 2.54. The molecule has 2 fully saturated rings. The van der Waals surface area contributed by atoms with E-state index in [9.17, 15) is 18.8 Å². The van der Waals surface area contributed by atoms with Gasteiger partial charge in [-0.05, 0) is 48.2 Å². The van der Waals surface area contributed by atoms with E-state index in [1.54, 1.807) is 20.3 Å². The number of carbonyl (C=O) groups excluding carboxylic acids is 3. The highest BCUT2D eigenvalue weighted by molar-refractivity contribution is 6.15. The minimum Gasteiger partial charge on any atom is -0.493 e. The summed E-state index contributed by atoms with van der Waals surface area (Å²) in [6.07, 6.45) is 0.418. The number of fused-ring (bicyclic) bond motifs is 4. The quantitative estimate of drug-likeness (QED) is 0.616. The van der Waals surface area contributed by atoms with E-state index in [0.717, 1.165) is 5.56 Å². The molecule has 2 saturated heterocycles. The molecule has 1 spiro atoms. The fourth-order valence-electron chi connectivity index (χ4n) is 5.84. The molecule has 9 heteroatoms. The minimum atomic E-state index is -1.48. The van der Waals surface area contributed by atoms with Crippen LogP contribution in [0.2, 0.25) is 0 Å². The van der Waals surface area contributed by atoms with Crippen molar-refractivity contribution in [3.63, 3.8) is 0 Å². The Morgan fingerprint density at radius 2 is 1.77 bits per heavy atom. The van der Waals surface area contributed by atoms with Crippen molar-refractivity contribution in [2.75, 3.05) is 26.1 Å². The van der Waals surface area contributed by atoms with E-state index >= 15 is 0 Å². The number of hydrogen-bond acceptors (Lipinski definition) is 6. The molecule has 2 N–H and O–H groups in total. The average Bonchev–Trinajstić information content (AvgIpc) is 3.43. The molecule has 3 aliphatic rings. The lowest BCUT2D eigenvalue weighted by Gasteiger charge is -2.30. The SMILES string of the molecule is COc1ccc(CCN2C(=O)[C@H]3[C@@H](C2=O)[C@@]2(N[C@H]3C(C)C)C(=O)Nc3ccc(F)cc32)cc1OC. The van der Waals surface area contributed by atoms with Crippen LogP contribution in [0.1, 0.15) is 25.0 Å². The van der Waals surface area contributed by atoms with Gasteiger partial charge in [0, 0.05) is 23.8 Å². The Morgan fingerprint density at radius 3 is 2.46 bits per heavy atom. The van der Waals surface area contributed by atoms with Gasteiger partial charge in [-0.3, -0.25) is 24.6 Å². The van der Waals surface area contributed by atoms with Crippen molar-refractivity contribution in [2.45, 2.75) is 31.8 Å². The first-order valence-electron chi connectivity index (χ1n) is 11.7. The van der Waals surface area contributed by atoms with E-state index in [-0.39, 0.29) is 18.4 Å². The van der Waals surface area contributed by atoms with Crippen molar-refractivity contribution in [3.8, 4) is 11.5 Å². The zero-order valence-electron chi connectivity index (χ0n) is 20.1. The van der Waals surface area contributed by atoms with Gasteiger partial charge in [-0.15, -0.1) is 0 Å². The van der Waals surface area contributed by atoms with Crippen LogP contribution in [-0.4, -0.2) is 49.4 Å². The Bertz CT molecular complexity index is 1230. The molecule has 3 aliphatic heterocycles. The number of nitrogens with zero attached hydrogens (tertiary/aromatic N) is 1. The molecule has 0 unspecified atom stereocenters. The van der Waals surface area contributed by atoms with Crippen LogP contribution in [0.15, 0.2) is 36.4 Å². The lowest BCUT2D eigenvalue weighted by molar-refractivity contribution is -0.142. The third-order valence-electron chi connectivity index (χ3n) is 7.49. The largest absolute Gasteiger partial charge is 0.493 e. The number of likely N-dealkylation sites (tertiary alicyclic amines) is 1. The van der Waals surface area contributed by atoms with E-state index in [1.807, 2.05) is 26.0 Å². The lowest BCUT2D eigenvalue weighted by atomic mass is 9.76. The summed E-state index contributed by atoms with van der Waals surface area (Å²) < 4.78 is 24.9. The van der Waals surface area contributed by atoms with Gasteiger partial charge in [0.05, 0.1) is 26.1 Å². The summed E-state index contributed by atoms with van der Waals surface area (Å²) in [6.45, 7) is 4.05. The van der Waals surface area contributed by atoms with Gasteiger partial charge in [-0.1, -0.05) is 19.9 Å². The van der Waals surface area contributed by atoms with Crippen LogP contribution in [-0.2, 0) is 26.3 Å². The molecular formula is C26H28FN3O5. The standard InChI is InChI=1S/C26H28FN3O5/c1-13(2)22-20-21(26(29-22)16-12-15(27)6-7-17(16)28-25(26)33)24(32)30(23(20)31)10-9-14-5-8-18(34-3)19(11-14)35-4/h5-8,11-13,20-22,29H,9-10H2,1-4H3,(H,28,33)/t20-,21-,22-,26+/m0/s1. The number of halogens is 1. The second-order valence-corrected chi connectivity index (χ2v) is 9.64. The molecule has 35 heavy (non-hydrogen) atoms. The number of ether oxygens (including phenoxy) is 2. The predicted molar refractivity (Wildman–Crippen MR) is 125 cm³/mol. The number of amides is 3. The maximum Gasteiger partial charge on any atom is 0.250 e. The molecule has 4 atom stereocenters. The summed E-state index contributed by atoms with van der Waals surface area (Å²) in [5.74, 6) is -2.20. The highest BCUT2D eigenvalue weighted by atomic mass is 19.1. The molecule has 184 valence electrons. The normalized spacial score (nSPS) is 27.0. The summed E-state index contributed by atoms with van der Waals surface area (Å²) in [6, 6.07) is 9.07. The smallest absolute Gasteiger partial charge is 0.250 e. The summed E-state index contributed by atoms with van der Waals surface area (Å²) in [5.41, 5.74) is 0.223. The van der Waals surface area contributed by atoms with E-state index in [2.05, 4.69) is 10.6 Å². The summed E-state index contributed by atoms with van der Waals surface area (Å²) in [5, 5.41) is 6.09. The Kier molecular flexibility index (Phi) is 5.55. The number of methoxy groups -OCH3 is 2. The highest BCUT2D eigenvalue weighted by Gasteiger charge is 2.70. The van der Waals surface area contributed by atoms with Crippen molar-refractivity contribution in [1.29, 1.82) is 0 Å². The van der Waals surface area contributed by atoms with Crippen LogP contribution in [0, 0.1) is 23.6 Å². The summed E-state index contributed by atoms with van der Waals surface area (Å²) >= 11 is 0. The maximum absolute atomic E-state index is 14.3. The monoisotopic (exact) mass is 481 g/mol. The molecule has 0 bridgehead atoms. The average molecular weight is 482 g/mol. The molecule has 0 aromatic heterocycles. The van der Waals surface area contributed by atoms with Gasteiger partial charge in [0.25, 0.3) is 0 Å². The number of hydrogen-bond donors (Lipinski definition) is 2. The molecular weight excluding hydrogens is 453 g/mol. The van der Waals surface area contributed by atoms with Crippen LogP contribution in [0.5, 0.6) is 11.5 Å². The van der Waals surface area contributed by atoms with Crippen LogP contribution in [0.3, 0.4) is 0 Å². The third kappa shape index (κ3) is 3.32. The number of carbonyl (C=O) groups is 3. The molecule has 3 heterocycles. The minimum absolute atomic E-state index is 0.0326. The van der Waals surface area contributed by atoms with Gasteiger partial charge < -0.3 is 14.8 Å². The fraction of sp³-hybridized carbons (Fsp3) is 0.423. The molecule has 0 saturated carbocycles. The van der Waals surface area contributed by atoms with Crippen LogP contribution in [0.25, 0.3) is 0 Å². The predicted octanol–water partition coefficient (Wildman–Crippen LogP) is 2.46. The van der Waals surface area contributed by atoms with Crippen molar-refractivity contribution < 1.29 is 28.2 Å². The summed E-state index contributed by atoms with van der Waals surface area (Å²) in [4.78, 5) is 42.0. The zero-order chi connectivity index (χ0) is 25.1. The third-order valence-corrected chi connectivity index (χ3v) is 7.49. The van der Waals surface area contributed by atoms with Crippen molar-refractivity contribution >= 4 is 23.4 Å². The van der Waals surface area contributed by atoms with Gasteiger partial charge in [-0.2, -0.15) is 0 Å². The number of imide groups is 1. The first kappa shape index (κ1) is 23.3. The van der Waals surface area contributed by atoms with Gasteiger partial charge in [0.15, 0.2) is 11.5 Å². The van der Waals surface area contributed by atoms with Gasteiger partial charge >= 0.3 is 0 Å². The Hall–Kier alpha value is -3.46. The Morgan fingerprint density at radius 1 is 1.03 bits per heavy atom. The number of rotatable bonds is 6. The maximum atomic E-state index is 14.3. The molecule has 8 nitrogen and oxygen atoms in total. The van der Waals surface area contributed by atoms with Crippen LogP contribution in [0.4, 0.5) is 10.1 Å². The number of nitrogens with one attached hydrogen (secondary N) is 2. The fourth-order valence-corrected chi connectivity index (χ4v) is 5.84. The van der Waals surface area contributed by atoms with Crippen LogP contribution < -0.4 is 20.1 Å². The number of anilines is 1. The van der Waals surface area contributed by atoms with E-state index in [4.69, 9.17) is 9.47 Å². The summed E-state index contributed by atoms with van der Waals surface area (Å²) in [7, 11) is 3.10. The molecule has 2 aromatic carbocycles. The van der Waals surface area contributed by atoms with Crippen molar-refractivity contribution in [2.24, 2.45) is 17.8 Å². The second kappa shape index (κ2) is 8.34. The zero-order valence-corrected chi connectivity index (χ0v) is 20.1. The Balaban J connectivity index is 1.49. The van der Waals surface area contributed by atoms with Gasteiger partial charge in [-0.25, -0.2) is 4.39 Å². The topological polar surface area (TPSA) is 97.0 Å². The van der Waals surface area contributed by atoms with Crippen LogP contribution >= 0.6 is 0 Å². The first-order chi connectivity index (χ1) is 16.7. The molecule has 0 aliphatic carbocycles. The first-order valence-corrected chi connectivity index (χ1v) is 11.7. The second-order valence-electron chi connectivity index (χ2n) is 9.64. The molecule has 2 aromatic rings. The number of benzene rings is 2. The van der Waals surface area contributed by atoms with E-state index in [0.29, 0.717) is 29.2 Å². The Labute approximate surface area is 202 Å². The van der Waals surface area contributed by atoms with Crippen molar-refractivity contribution in [1.82, 2.24) is 10.2 Å². The molecule has 3 amide bonds. The van der Waals surface area contributed by atoms with E-state index in [1.165, 1.54) is 23.1 Å². The van der Waals surface area contributed by atoms with Gasteiger partial charge in [0.1, 0.15) is 11.4 Å². The molecule has 5 rings (SSSR count).